The van der Waals surface area contributed by atoms with Gasteiger partial charge in [-0.3, -0.25) is 3.97 Å². The maximum absolute atomic E-state index is 9.04. The highest BCUT2D eigenvalue weighted by atomic mass is 32.2. The molecule has 2 heterocycles. The Morgan fingerprint density at radius 1 is 1.14 bits per heavy atom. The third-order valence-corrected chi connectivity index (χ3v) is 4.98. The molecule has 0 bridgehead atoms. The number of rotatable bonds is 2. The summed E-state index contributed by atoms with van der Waals surface area (Å²) >= 11 is 1.67. The quantitative estimate of drug-likeness (QED) is 0.784. The lowest BCUT2D eigenvalue weighted by molar-refractivity contribution is 0.701. The molecule has 0 aliphatic carbocycles. The molecular formula is C18H15N3S. The fourth-order valence-corrected chi connectivity index (χ4v) is 3.99. The zero-order valence-electron chi connectivity index (χ0n) is 12.0. The topological polar surface area (TPSA) is 40.8 Å². The zero-order valence-corrected chi connectivity index (χ0v) is 12.9. The van der Waals surface area contributed by atoms with Crippen molar-refractivity contribution in [2.24, 2.45) is 0 Å². The Bertz CT molecular complexity index is 889. The molecular weight excluding hydrogens is 290 g/mol. The maximum Gasteiger partial charge on any atom is 0.0992 e. The molecule has 4 heteroatoms. The van der Waals surface area contributed by atoms with Crippen molar-refractivity contribution in [3.05, 3.63) is 65.4 Å². The van der Waals surface area contributed by atoms with E-state index < -0.39 is 0 Å². The molecule has 2 aromatic carbocycles. The number of hydrogen-bond acceptors (Lipinski definition) is 3. The molecule has 108 valence electrons. The predicted octanol–water partition coefficient (Wildman–Crippen LogP) is 3.71. The van der Waals surface area contributed by atoms with E-state index in [0.717, 1.165) is 24.4 Å². The number of nitrogens with one attached hydrogen (secondary N) is 1. The van der Waals surface area contributed by atoms with Crippen LogP contribution in [0.1, 0.15) is 16.7 Å². The Labute approximate surface area is 133 Å². The molecule has 0 atom stereocenters. The standard InChI is InChI=1S/C18H15N3S/c19-10-13-3-1-5-16(9-13)22-21-12-15-7-8-20-11-14-4-2-6-17(21)18(14)15/h1-6,9,12,20H,7-8,11H2. The number of nitriles is 1. The average molecular weight is 305 g/mol. The first-order valence-electron chi connectivity index (χ1n) is 7.36. The fraction of sp³-hybridized carbons (Fsp3) is 0.167. The summed E-state index contributed by atoms with van der Waals surface area (Å²) in [6, 6.07) is 16.5. The van der Waals surface area contributed by atoms with Gasteiger partial charge in [-0.2, -0.15) is 5.26 Å². The van der Waals surface area contributed by atoms with Gasteiger partial charge in [0.15, 0.2) is 0 Å². The zero-order chi connectivity index (χ0) is 14.9. The van der Waals surface area contributed by atoms with Crippen molar-refractivity contribution in [2.75, 3.05) is 6.54 Å². The van der Waals surface area contributed by atoms with Gasteiger partial charge in [0.05, 0.1) is 17.1 Å². The molecule has 0 saturated carbocycles. The summed E-state index contributed by atoms with van der Waals surface area (Å²) in [5.41, 5.74) is 4.73. The number of nitrogens with zero attached hydrogens (tertiary/aromatic N) is 2. The van der Waals surface area contributed by atoms with E-state index in [1.54, 1.807) is 11.9 Å². The highest BCUT2D eigenvalue weighted by molar-refractivity contribution is 7.98. The van der Waals surface area contributed by atoms with E-state index in [1.165, 1.54) is 22.0 Å². The van der Waals surface area contributed by atoms with Crippen LogP contribution in [0.25, 0.3) is 10.9 Å². The normalized spacial score (nSPS) is 13.8. The van der Waals surface area contributed by atoms with Gasteiger partial charge in [-0.05, 0) is 60.3 Å². The molecule has 0 saturated heterocycles. The highest BCUT2D eigenvalue weighted by Gasteiger charge is 2.15. The second kappa shape index (κ2) is 5.53. The van der Waals surface area contributed by atoms with Crippen molar-refractivity contribution >= 4 is 22.9 Å². The lowest BCUT2D eigenvalue weighted by Crippen LogP contribution is -2.13. The number of benzene rings is 2. The van der Waals surface area contributed by atoms with Crippen molar-refractivity contribution in [1.29, 1.82) is 5.26 Å². The minimum atomic E-state index is 0.702. The average Bonchev–Trinajstić information content (AvgIpc) is 2.76. The van der Waals surface area contributed by atoms with Gasteiger partial charge >= 0.3 is 0 Å². The lowest BCUT2D eigenvalue weighted by atomic mass is 10.1. The van der Waals surface area contributed by atoms with Crippen LogP contribution in [0.5, 0.6) is 0 Å². The van der Waals surface area contributed by atoms with Crippen molar-refractivity contribution < 1.29 is 0 Å². The van der Waals surface area contributed by atoms with Gasteiger partial charge < -0.3 is 5.32 Å². The molecule has 3 nitrogen and oxygen atoms in total. The fourth-order valence-electron chi connectivity index (χ4n) is 3.01. The summed E-state index contributed by atoms with van der Waals surface area (Å²) in [6.07, 6.45) is 3.30. The Kier molecular flexibility index (Phi) is 3.38. The van der Waals surface area contributed by atoms with E-state index in [0.29, 0.717) is 5.56 Å². The van der Waals surface area contributed by atoms with Gasteiger partial charge in [0.25, 0.3) is 0 Å². The SMILES string of the molecule is N#Cc1cccc(Sn2cc3c4c(cccc42)CNCC3)c1. The Morgan fingerprint density at radius 3 is 2.95 bits per heavy atom. The van der Waals surface area contributed by atoms with Crippen LogP contribution < -0.4 is 5.32 Å². The predicted molar refractivity (Wildman–Crippen MR) is 89.8 cm³/mol. The molecule has 0 fully saturated rings. The molecule has 22 heavy (non-hydrogen) atoms. The summed E-state index contributed by atoms with van der Waals surface area (Å²) in [5, 5.41) is 13.9. The van der Waals surface area contributed by atoms with Crippen LogP contribution >= 0.6 is 11.9 Å². The van der Waals surface area contributed by atoms with E-state index in [4.69, 9.17) is 5.26 Å². The summed E-state index contributed by atoms with van der Waals surface area (Å²) in [7, 11) is 0. The van der Waals surface area contributed by atoms with Gasteiger partial charge in [-0.1, -0.05) is 18.2 Å². The van der Waals surface area contributed by atoms with Gasteiger partial charge in [0, 0.05) is 23.0 Å². The monoisotopic (exact) mass is 305 g/mol. The largest absolute Gasteiger partial charge is 0.312 e. The number of aromatic nitrogens is 1. The molecule has 1 aliphatic rings. The van der Waals surface area contributed by atoms with E-state index in [9.17, 15) is 0 Å². The van der Waals surface area contributed by atoms with Gasteiger partial charge in [-0.25, -0.2) is 0 Å². The van der Waals surface area contributed by atoms with Crippen LogP contribution in [0.15, 0.2) is 53.6 Å². The van der Waals surface area contributed by atoms with Crippen LogP contribution in [0.4, 0.5) is 0 Å². The highest BCUT2D eigenvalue weighted by Crippen LogP contribution is 2.32. The molecule has 1 aliphatic heterocycles. The molecule has 1 N–H and O–H groups in total. The second-order valence-electron chi connectivity index (χ2n) is 5.45. The second-order valence-corrected chi connectivity index (χ2v) is 6.50. The summed E-state index contributed by atoms with van der Waals surface area (Å²) in [4.78, 5) is 1.09. The van der Waals surface area contributed by atoms with E-state index in [2.05, 4.69) is 39.8 Å². The van der Waals surface area contributed by atoms with Gasteiger partial charge in [0.2, 0.25) is 0 Å². The van der Waals surface area contributed by atoms with Crippen molar-refractivity contribution in [3.8, 4) is 6.07 Å². The van der Waals surface area contributed by atoms with E-state index in [-0.39, 0.29) is 0 Å². The molecule has 4 rings (SSSR count). The Balaban J connectivity index is 1.81. The Hall–Kier alpha value is -2.22. The molecule has 0 spiro atoms. The minimum Gasteiger partial charge on any atom is -0.312 e. The van der Waals surface area contributed by atoms with E-state index in [1.807, 2.05) is 24.3 Å². The van der Waals surface area contributed by atoms with Gasteiger partial charge in [0.1, 0.15) is 0 Å². The maximum atomic E-state index is 9.04. The van der Waals surface area contributed by atoms with Gasteiger partial charge in [-0.15, -0.1) is 0 Å². The first-order valence-corrected chi connectivity index (χ1v) is 8.13. The summed E-state index contributed by atoms with van der Waals surface area (Å²) in [5.74, 6) is 0. The van der Waals surface area contributed by atoms with E-state index >= 15 is 0 Å². The molecule has 0 amide bonds. The lowest BCUT2D eigenvalue weighted by Gasteiger charge is -2.07. The van der Waals surface area contributed by atoms with Crippen LogP contribution in [-0.2, 0) is 13.0 Å². The van der Waals surface area contributed by atoms with Crippen LogP contribution in [0.3, 0.4) is 0 Å². The third kappa shape index (κ3) is 2.29. The van der Waals surface area contributed by atoms with Crippen LogP contribution in [0.2, 0.25) is 0 Å². The number of hydrogen-bond donors (Lipinski definition) is 1. The third-order valence-electron chi connectivity index (χ3n) is 4.01. The summed E-state index contributed by atoms with van der Waals surface area (Å²) in [6.45, 7) is 1.95. The minimum absolute atomic E-state index is 0.702. The first kappa shape index (κ1) is 13.4. The van der Waals surface area contributed by atoms with Crippen LogP contribution in [0, 0.1) is 11.3 Å². The van der Waals surface area contributed by atoms with Crippen molar-refractivity contribution in [1.82, 2.24) is 9.29 Å². The molecule has 0 unspecified atom stereocenters. The first-order chi connectivity index (χ1) is 10.8. The van der Waals surface area contributed by atoms with Crippen molar-refractivity contribution in [2.45, 2.75) is 17.9 Å². The smallest absolute Gasteiger partial charge is 0.0992 e. The van der Waals surface area contributed by atoms with Crippen LogP contribution in [-0.4, -0.2) is 10.5 Å². The van der Waals surface area contributed by atoms with Crippen molar-refractivity contribution in [3.63, 3.8) is 0 Å². The Morgan fingerprint density at radius 2 is 2.05 bits per heavy atom. The summed E-state index contributed by atoms with van der Waals surface area (Å²) < 4.78 is 2.23. The molecule has 1 aromatic heterocycles. The molecule has 3 aromatic rings. The molecule has 0 radical (unpaired) electrons.